The maximum atomic E-state index is 12.6. The van der Waals surface area contributed by atoms with Crippen LogP contribution in [0.1, 0.15) is 11.9 Å². The minimum absolute atomic E-state index is 0.245. The van der Waals surface area contributed by atoms with Crippen molar-refractivity contribution < 1.29 is 42.4 Å². The van der Waals surface area contributed by atoms with E-state index in [9.17, 15) is 24.6 Å². The first-order valence-corrected chi connectivity index (χ1v) is 12.2. The maximum absolute atomic E-state index is 12.6. The first kappa shape index (κ1) is 24.0. The smallest absolute Gasteiger partial charge is 0.451 e. The molecule has 0 saturated heterocycles. The normalized spacial score (nSPS) is 11.8. The second-order valence-corrected chi connectivity index (χ2v) is 9.17. The van der Waals surface area contributed by atoms with Gasteiger partial charge in [0.25, 0.3) is 6.29 Å². The molecule has 3 rings (SSSR count). The number of benzene rings is 3. The molecular formula is C19H13F2IO8S2. The Labute approximate surface area is 196 Å². The molecule has 13 heteroatoms. The topological polar surface area (TPSA) is 105 Å². The zero-order valence-corrected chi connectivity index (χ0v) is 19.5. The van der Waals surface area contributed by atoms with E-state index in [1.54, 1.807) is 12.1 Å². The molecule has 3 aromatic rings. The number of hydrogen-bond acceptors (Lipinski definition) is 8. The monoisotopic (exact) mass is 598 g/mol. The largest absolute Gasteiger partial charge is 0.488 e. The van der Waals surface area contributed by atoms with E-state index in [4.69, 9.17) is 9.47 Å². The molecule has 32 heavy (non-hydrogen) atoms. The Morgan fingerprint density at radius 1 is 0.594 bits per heavy atom. The SMILES string of the molecule is O=S(=O)(F)Oc1ccc(OC(Oc2ccc(OS(=O)(=O)F)cc2)c2ccc(I)cc2)cc1. The van der Waals surface area contributed by atoms with E-state index in [-0.39, 0.29) is 23.0 Å². The molecule has 0 bridgehead atoms. The van der Waals surface area contributed by atoms with Gasteiger partial charge in [-0.1, -0.05) is 19.9 Å². The van der Waals surface area contributed by atoms with E-state index >= 15 is 0 Å². The van der Waals surface area contributed by atoms with Gasteiger partial charge in [0.05, 0.1) is 0 Å². The van der Waals surface area contributed by atoms with Gasteiger partial charge in [-0.15, -0.1) is 0 Å². The van der Waals surface area contributed by atoms with Crippen LogP contribution in [0, 0.1) is 3.57 Å². The summed E-state index contributed by atoms with van der Waals surface area (Å²) >= 11 is 2.13. The van der Waals surface area contributed by atoms with Crippen molar-refractivity contribution in [3.8, 4) is 23.0 Å². The van der Waals surface area contributed by atoms with Gasteiger partial charge in [0.1, 0.15) is 23.0 Å². The first-order chi connectivity index (χ1) is 15.0. The number of hydrogen-bond donors (Lipinski definition) is 0. The molecular weight excluding hydrogens is 585 g/mol. The third kappa shape index (κ3) is 7.80. The molecule has 0 heterocycles. The van der Waals surface area contributed by atoms with Crippen LogP contribution < -0.4 is 17.8 Å². The van der Waals surface area contributed by atoms with Crippen molar-refractivity contribution in [2.45, 2.75) is 6.29 Å². The molecule has 8 nitrogen and oxygen atoms in total. The minimum Gasteiger partial charge on any atom is -0.451 e. The Morgan fingerprint density at radius 3 is 1.28 bits per heavy atom. The molecule has 0 aliphatic heterocycles. The Hall–Kier alpha value is -2.65. The molecule has 0 atom stereocenters. The third-order valence-electron chi connectivity index (χ3n) is 3.67. The minimum atomic E-state index is -5.15. The fraction of sp³-hybridized carbons (Fsp3) is 0.0526. The summed E-state index contributed by atoms with van der Waals surface area (Å²) in [4.78, 5) is 0. The summed E-state index contributed by atoms with van der Waals surface area (Å²) in [6.45, 7) is 0. The lowest BCUT2D eigenvalue weighted by molar-refractivity contribution is 0.00374. The van der Waals surface area contributed by atoms with E-state index in [1.165, 1.54) is 48.5 Å². The van der Waals surface area contributed by atoms with Crippen molar-refractivity contribution in [3.63, 3.8) is 0 Å². The fourth-order valence-electron chi connectivity index (χ4n) is 2.40. The van der Waals surface area contributed by atoms with Gasteiger partial charge in [-0.2, -0.15) is 16.8 Å². The Balaban J connectivity index is 1.80. The van der Waals surface area contributed by atoms with E-state index in [1.807, 2.05) is 12.1 Å². The van der Waals surface area contributed by atoms with Crippen molar-refractivity contribution in [3.05, 3.63) is 81.9 Å². The Bertz CT molecular complexity index is 1180. The molecule has 0 aliphatic rings. The van der Waals surface area contributed by atoms with Crippen LogP contribution in [0.2, 0.25) is 0 Å². The van der Waals surface area contributed by atoms with Crippen molar-refractivity contribution in [1.82, 2.24) is 0 Å². The molecule has 3 aromatic carbocycles. The molecule has 0 amide bonds. The molecule has 0 aliphatic carbocycles. The van der Waals surface area contributed by atoms with Gasteiger partial charge in [0.2, 0.25) is 0 Å². The van der Waals surface area contributed by atoms with Crippen molar-refractivity contribution in [2.75, 3.05) is 0 Å². The van der Waals surface area contributed by atoms with Crippen LogP contribution in [0.4, 0.5) is 7.77 Å². The second-order valence-electron chi connectivity index (χ2n) is 6.01. The first-order valence-electron chi connectivity index (χ1n) is 8.54. The molecule has 0 unspecified atom stereocenters. The zero-order chi connectivity index (χ0) is 23.4. The Morgan fingerprint density at radius 2 is 0.938 bits per heavy atom. The number of halogens is 3. The van der Waals surface area contributed by atoms with Crippen LogP contribution in [-0.4, -0.2) is 16.8 Å². The van der Waals surface area contributed by atoms with Gasteiger partial charge < -0.3 is 17.8 Å². The lowest BCUT2D eigenvalue weighted by Gasteiger charge is -2.21. The molecule has 0 saturated carbocycles. The van der Waals surface area contributed by atoms with Gasteiger partial charge in [-0.05, 0) is 83.3 Å². The van der Waals surface area contributed by atoms with Crippen LogP contribution in [0.5, 0.6) is 23.0 Å². The molecule has 0 radical (unpaired) electrons. The van der Waals surface area contributed by atoms with Gasteiger partial charge in [-0.3, -0.25) is 0 Å². The van der Waals surface area contributed by atoms with Crippen LogP contribution in [0.25, 0.3) is 0 Å². The quantitative estimate of drug-likeness (QED) is 0.200. The lowest BCUT2D eigenvalue weighted by atomic mass is 10.2. The molecule has 0 spiro atoms. The van der Waals surface area contributed by atoms with Crippen molar-refractivity contribution in [1.29, 1.82) is 0 Å². The highest BCUT2D eigenvalue weighted by Crippen LogP contribution is 2.29. The van der Waals surface area contributed by atoms with Gasteiger partial charge in [0, 0.05) is 9.13 Å². The van der Waals surface area contributed by atoms with E-state index in [0.717, 1.165) is 3.57 Å². The van der Waals surface area contributed by atoms with Gasteiger partial charge >= 0.3 is 21.0 Å². The van der Waals surface area contributed by atoms with Crippen LogP contribution in [0.15, 0.2) is 72.8 Å². The predicted molar refractivity (Wildman–Crippen MR) is 117 cm³/mol. The summed E-state index contributed by atoms with van der Waals surface area (Å²) in [6, 6.07) is 17.4. The van der Waals surface area contributed by atoms with Crippen LogP contribution in [-0.2, 0) is 21.0 Å². The van der Waals surface area contributed by atoms with Gasteiger partial charge in [0.15, 0.2) is 0 Å². The maximum Gasteiger partial charge on any atom is 0.488 e. The standard InChI is InChI=1S/C19H13F2IO8S2/c20-31(23,24)29-17-9-5-15(6-10-17)27-19(13-1-3-14(22)4-2-13)28-16-7-11-18(12-8-16)30-32(21,25)26/h1-12,19H. The summed E-state index contributed by atoms with van der Waals surface area (Å²) in [5, 5.41) is 0. The van der Waals surface area contributed by atoms with Crippen molar-refractivity contribution >= 4 is 43.6 Å². The average Bonchev–Trinajstić information content (AvgIpc) is 2.69. The third-order valence-corrected chi connectivity index (χ3v) is 5.17. The molecule has 0 aromatic heterocycles. The summed E-state index contributed by atoms with van der Waals surface area (Å²) in [6.07, 6.45) is -0.986. The van der Waals surface area contributed by atoms with Gasteiger partial charge in [-0.25, -0.2) is 0 Å². The zero-order valence-electron chi connectivity index (χ0n) is 15.7. The second kappa shape index (κ2) is 9.87. The molecule has 170 valence electrons. The summed E-state index contributed by atoms with van der Waals surface area (Å²) < 4.78 is 88.5. The Kier molecular flexibility index (Phi) is 7.40. The predicted octanol–water partition coefficient (Wildman–Crippen LogP) is 4.63. The molecule has 0 fully saturated rings. The van der Waals surface area contributed by atoms with Crippen LogP contribution in [0.3, 0.4) is 0 Å². The summed E-state index contributed by atoms with van der Waals surface area (Å²) in [5.41, 5.74) is 0.615. The van der Waals surface area contributed by atoms with E-state index in [2.05, 4.69) is 31.0 Å². The van der Waals surface area contributed by atoms with E-state index in [0.29, 0.717) is 5.56 Å². The lowest BCUT2D eigenvalue weighted by Crippen LogP contribution is -2.15. The number of ether oxygens (including phenoxy) is 2. The molecule has 0 N–H and O–H groups in total. The van der Waals surface area contributed by atoms with Crippen molar-refractivity contribution in [2.24, 2.45) is 0 Å². The summed E-state index contributed by atoms with van der Waals surface area (Å²) in [5.74, 6) is 0.0104. The average molecular weight is 598 g/mol. The highest BCUT2D eigenvalue weighted by molar-refractivity contribution is 14.1. The highest BCUT2D eigenvalue weighted by Gasteiger charge is 2.17. The van der Waals surface area contributed by atoms with E-state index < -0.39 is 27.3 Å². The number of rotatable bonds is 9. The summed E-state index contributed by atoms with van der Waals surface area (Å²) in [7, 11) is -10.3. The van der Waals surface area contributed by atoms with Crippen LogP contribution >= 0.6 is 22.6 Å². The fourth-order valence-corrected chi connectivity index (χ4v) is 3.45. The highest BCUT2D eigenvalue weighted by atomic mass is 127.